The fraction of sp³-hybridized carbons (Fsp3) is 0.258. The summed E-state index contributed by atoms with van der Waals surface area (Å²) in [6, 6.07) is 23.2. The first-order valence-electron chi connectivity index (χ1n) is 13.3. The highest BCUT2D eigenvalue weighted by Crippen LogP contribution is 2.13. The lowest BCUT2D eigenvalue weighted by molar-refractivity contribution is -0.139. The van der Waals surface area contributed by atoms with Crippen LogP contribution in [0.2, 0.25) is 0 Å². The van der Waals surface area contributed by atoms with Crippen LogP contribution in [-0.2, 0) is 38.6 Å². The zero-order chi connectivity index (χ0) is 31.2. The summed E-state index contributed by atoms with van der Waals surface area (Å²) in [5.74, 6) is -1.48. The van der Waals surface area contributed by atoms with Crippen molar-refractivity contribution >= 4 is 35.9 Å². The first kappa shape index (κ1) is 32.1. The van der Waals surface area contributed by atoms with Crippen molar-refractivity contribution in [1.82, 2.24) is 10.6 Å². The highest BCUT2D eigenvalue weighted by atomic mass is 16.6. The predicted octanol–water partition coefficient (Wildman–Crippen LogP) is 5.24. The fourth-order valence-electron chi connectivity index (χ4n) is 3.53. The van der Waals surface area contributed by atoms with Gasteiger partial charge in [-0.25, -0.2) is 19.2 Å². The lowest BCUT2D eigenvalue weighted by atomic mass is 10.1. The van der Waals surface area contributed by atoms with Crippen LogP contribution in [0, 0.1) is 0 Å². The van der Waals surface area contributed by atoms with Crippen molar-refractivity contribution in [3.8, 4) is 0 Å². The molecule has 0 aromatic heterocycles. The largest absolute Gasteiger partial charge is 0.480 e. The molecule has 226 valence electrons. The molecule has 0 radical (unpaired) electrons. The number of anilines is 1. The number of aliphatic imine (C=N–C) groups is 1. The Morgan fingerprint density at radius 3 is 1.86 bits per heavy atom. The number of aliphatic carboxylic acids is 1. The van der Waals surface area contributed by atoms with Crippen molar-refractivity contribution in [3.63, 3.8) is 0 Å². The Balaban J connectivity index is 1.67. The van der Waals surface area contributed by atoms with Gasteiger partial charge in [-0.1, -0.05) is 72.8 Å². The van der Waals surface area contributed by atoms with Crippen LogP contribution < -0.4 is 16.0 Å². The monoisotopic (exact) mass is 590 g/mol. The van der Waals surface area contributed by atoms with Crippen LogP contribution in [0.15, 0.2) is 89.9 Å². The van der Waals surface area contributed by atoms with E-state index >= 15 is 0 Å². The van der Waals surface area contributed by atoms with Crippen LogP contribution in [0.1, 0.15) is 37.5 Å². The second-order valence-electron chi connectivity index (χ2n) is 10.3. The van der Waals surface area contributed by atoms with E-state index in [0.29, 0.717) is 11.3 Å². The van der Waals surface area contributed by atoms with Gasteiger partial charge in [-0.3, -0.25) is 5.32 Å². The minimum Gasteiger partial charge on any atom is -0.480 e. The topological polar surface area (TPSA) is 165 Å². The number of nitrogens with zero attached hydrogens (tertiary/aromatic N) is 1. The predicted molar refractivity (Wildman–Crippen MR) is 158 cm³/mol. The smallest absolute Gasteiger partial charge is 0.437 e. The molecule has 0 aliphatic carbocycles. The van der Waals surface area contributed by atoms with Gasteiger partial charge in [0.25, 0.3) is 0 Å². The molecule has 0 saturated carbocycles. The van der Waals surface area contributed by atoms with Crippen molar-refractivity contribution in [2.24, 2.45) is 4.99 Å². The maximum atomic E-state index is 12.5. The van der Waals surface area contributed by atoms with E-state index in [0.717, 1.165) is 11.1 Å². The van der Waals surface area contributed by atoms with Crippen LogP contribution in [0.25, 0.3) is 0 Å². The Kier molecular flexibility index (Phi) is 11.6. The SMILES string of the molecule is CC(C)(C)OC(=O)NC(Cc1ccc(N/C(=N\C(=O)OCc2ccccc2)NC(=O)OCc2ccccc2)cc1)C(=O)O. The molecule has 12 heteroatoms. The third kappa shape index (κ3) is 12.3. The van der Waals surface area contributed by atoms with Gasteiger partial charge >= 0.3 is 24.2 Å². The Labute approximate surface area is 249 Å². The van der Waals surface area contributed by atoms with Gasteiger partial charge in [-0.05, 0) is 49.6 Å². The molecule has 0 saturated heterocycles. The van der Waals surface area contributed by atoms with Crippen molar-refractivity contribution in [2.45, 2.75) is 52.0 Å². The fourth-order valence-corrected chi connectivity index (χ4v) is 3.53. The summed E-state index contributed by atoms with van der Waals surface area (Å²) >= 11 is 0. The first-order chi connectivity index (χ1) is 20.5. The zero-order valence-corrected chi connectivity index (χ0v) is 24.0. The number of amides is 3. The number of hydrogen-bond acceptors (Lipinski definition) is 7. The van der Waals surface area contributed by atoms with Crippen LogP contribution in [0.5, 0.6) is 0 Å². The molecule has 0 spiro atoms. The second-order valence-corrected chi connectivity index (χ2v) is 10.3. The molecule has 4 N–H and O–H groups in total. The molecule has 0 aliphatic rings. The van der Waals surface area contributed by atoms with Crippen molar-refractivity contribution in [1.29, 1.82) is 0 Å². The van der Waals surface area contributed by atoms with E-state index in [9.17, 15) is 24.3 Å². The van der Waals surface area contributed by atoms with Crippen LogP contribution in [-0.4, -0.2) is 47.0 Å². The molecule has 3 rings (SSSR count). The van der Waals surface area contributed by atoms with E-state index < -0.39 is 35.9 Å². The van der Waals surface area contributed by atoms with E-state index in [1.165, 1.54) is 0 Å². The third-order valence-electron chi connectivity index (χ3n) is 5.49. The van der Waals surface area contributed by atoms with E-state index in [-0.39, 0.29) is 25.6 Å². The maximum absolute atomic E-state index is 12.5. The standard InChI is InChI=1S/C31H34N4O8/c1-31(2,3)43-30(40)33-25(26(36)37)18-21-14-16-24(17-15-21)32-27(34-28(38)41-19-22-10-6-4-7-11-22)35-29(39)42-20-23-12-8-5-9-13-23/h4-17,25H,18-20H2,1-3H3,(H,33,40)(H,36,37)(H2,32,34,35,38,39). The molecule has 0 heterocycles. The van der Waals surface area contributed by atoms with E-state index in [1.54, 1.807) is 81.4 Å². The van der Waals surface area contributed by atoms with E-state index in [1.807, 2.05) is 24.3 Å². The van der Waals surface area contributed by atoms with Crippen molar-refractivity contribution < 1.29 is 38.5 Å². The quantitative estimate of drug-likeness (QED) is 0.148. The van der Waals surface area contributed by atoms with Gasteiger partial charge in [-0.15, -0.1) is 4.99 Å². The maximum Gasteiger partial charge on any atom is 0.437 e. The first-order valence-corrected chi connectivity index (χ1v) is 13.3. The number of nitrogens with one attached hydrogen (secondary N) is 3. The summed E-state index contributed by atoms with van der Waals surface area (Å²) in [4.78, 5) is 52.5. The number of alkyl carbamates (subject to hydrolysis) is 2. The molecule has 3 amide bonds. The van der Waals surface area contributed by atoms with Crippen LogP contribution in [0.4, 0.5) is 20.1 Å². The molecule has 12 nitrogen and oxygen atoms in total. The van der Waals surface area contributed by atoms with Gasteiger partial charge < -0.3 is 30.0 Å². The van der Waals surface area contributed by atoms with Gasteiger partial charge in [0, 0.05) is 12.1 Å². The highest BCUT2D eigenvalue weighted by Gasteiger charge is 2.24. The summed E-state index contributed by atoms with van der Waals surface area (Å²) in [7, 11) is 0. The van der Waals surface area contributed by atoms with Gasteiger partial charge in [0.15, 0.2) is 0 Å². The average Bonchev–Trinajstić information content (AvgIpc) is 2.95. The molecule has 1 atom stereocenters. The number of carbonyl (C=O) groups excluding carboxylic acids is 3. The minimum atomic E-state index is -1.23. The Bertz CT molecular complexity index is 1410. The molecule has 0 fully saturated rings. The van der Waals surface area contributed by atoms with Crippen LogP contribution in [0.3, 0.4) is 0 Å². The summed E-state index contributed by atoms with van der Waals surface area (Å²) in [5, 5.41) is 17.1. The number of ether oxygens (including phenoxy) is 3. The van der Waals surface area contributed by atoms with Gasteiger partial charge in [0.05, 0.1) is 0 Å². The van der Waals surface area contributed by atoms with Crippen molar-refractivity contribution in [2.75, 3.05) is 5.32 Å². The number of guanidine groups is 1. The minimum absolute atomic E-state index is 0.00478. The van der Waals surface area contributed by atoms with Crippen molar-refractivity contribution in [3.05, 3.63) is 102 Å². The number of carboxylic acids is 1. The number of carboxylic acid groups (broad SMARTS) is 1. The lowest BCUT2D eigenvalue weighted by Crippen LogP contribution is -2.44. The lowest BCUT2D eigenvalue weighted by Gasteiger charge is -2.22. The summed E-state index contributed by atoms with van der Waals surface area (Å²) in [5.41, 5.74) is 1.74. The molecule has 0 aliphatic heterocycles. The highest BCUT2D eigenvalue weighted by molar-refractivity contribution is 6.06. The van der Waals surface area contributed by atoms with Gasteiger partial charge in [0.2, 0.25) is 5.96 Å². The molecule has 0 bridgehead atoms. The number of hydrogen-bond donors (Lipinski definition) is 4. The Morgan fingerprint density at radius 1 is 0.767 bits per heavy atom. The number of rotatable bonds is 9. The van der Waals surface area contributed by atoms with E-state index in [2.05, 4.69) is 20.9 Å². The second kappa shape index (κ2) is 15.6. The molecule has 3 aromatic rings. The number of benzene rings is 3. The summed E-state index contributed by atoms with van der Waals surface area (Å²) < 4.78 is 15.6. The summed E-state index contributed by atoms with van der Waals surface area (Å²) in [6.45, 7) is 4.99. The summed E-state index contributed by atoms with van der Waals surface area (Å²) in [6.07, 6.45) is -2.68. The molecule has 1 unspecified atom stereocenters. The third-order valence-corrected chi connectivity index (χ3v) is 5.49. The van der Waals surface area contributed by atoms with Crippen LogP contribution >= 0.6 is 0 Å². The van der Waals surface area contributed by atoms with Gasteiger partial charge in [-0.2, -0.15) is 0 Å². The average molecular weight is 591 g/mol. The normalized spacial score (nSPS) is 11.9. The number of carbonyl (C=O) groups is 4. The molecule has 43 heavy (non-hydrogen) atoms. The molecule has 3 aromatic carbocycles. The molecular formula is C31H34N4O8. The zero-order valence-electron chi connectivity index (χ0n) is 24.0. The van der Waals surface area contributed by atoms with Gasteiger partial charge in [0.1, 0.15) is 24.9 Å². The Morgan fingerprint density at radius 2 is 1.33 bits per heavy atom. The molecular weight excluding hydrogens is 556 g/mol. The Hall–Kier alpha value is -5.39. The van der Waals surface area contributed by atoms with E-state index in [4.69, 9.17) is 14.2 Å².